The quantitative estimate of drug-likeness (QED) is 0.531. The number of sulfonamides is 1. The summed E-state index contributed by atoms with van der Waals surface area (Å²) < 4.78 is 33.0. The first-order valence-corrected chi connectivity index (χ1v) is 10.1. The van der Waals surface area contributed by atoms with Crippen LogP contribution in [0.5, 0.6) is 5.75 Å². The van der Waals surface area contributed by atoms with Crippen LogP contribution < -0.4 is 20.5 Å². The molecule has 0 aromatic heterocycles. The number of anilines is 1. The van der Waals surface area contributed by atoms with Crippen molar-refractivity contribution < 1.29 is 17.9 Å². The van der Waals surface area contributed by atoms with Gasteiger partial charge in [0.05, 0.1) is 12.0 Å². The number of carbonyl (C=O) groups is 1. The fraction of sp³-hybridized carbons (Fsp3) is 0.316. The van der Waals surface area contributed by atoms with Crippen molar-refractivity contribution in [1.29, 1.82) is 0 Å². The third-order valence-electron chi connectivity index (χ3n) is 4.04. The third-order valence-corrected chi connectivity index (χ3v) is 5.50. The lowest BCUT2D eigenvalue weighted by atomic mass is 10.1. The van der Waals surface area contributed by atoms with Crippen molar-refractivity contribution >= 4 is 34.0 Å². The Balaban J connectivity index is 0.00000392. The van der Waals surface area contributed by atoms with Gasteiger partial charge in [-0.3, -0.25) is 4.79 Å². The first-order valence-electron chi connectivity index (χ1n) is 8.63. The number of nitrogen functional groups attached to an aromatic ring is 1. The maximum Gasteiger partial charge on any atom is 0.240 e. The normalized spacial score (nSPS) is 10.8. The van der Waals surface area contributed by atoms with E-state index in [9.17, 15) is 13.2 Å². The van der Waals surface area contributed by atoms with E-state index in [0.717, 1.165) is 5.56 Å². The predicted octanol–water partition coefficient (Wildman–Crippen LogP) is 2.25. The molecule has 0 fully saturated rings. The van der Waals surface area contributed by atoms with Crippen LogP contribution in [0.3, 0.4) is 0 Å². The zero-order valence-corrected chi connectivity index (χ0v) is 17.5. The molecular formula is C19H26ClN3O4S. The van der Waals surface area contributed by atoms with Gasteiger partial charge in [0.1, 0.15) is 5.75 Å². The summed E-state index contributed by atoms with van der Waals surface area (Å²) in [6.07, 6.45) is 0.905. The smallest absolute Gasteiger partial charge is 0.240 e. The molecule has 1 amide bonds. The number of amides is 1. The van der Waals surface area contributed by atoms with Gasteiger partial charge in [0.25, 0.3) is 0 Å². The molecule has 2 rings (SSSR count). The van der Waals surface area contributed by atoms with Gasteiger partial charge in [0.2, 0.25) is 15.9 Å². The van der Waals surface area contributed by atoms with E-state index in [-0.39, 0.29) is 36.3 Å². The van der Waals surface area contributed by atoms with Crippen LogP contribution in [0.1, 0.15) is 24.5 Å². The molecule has 0 radical (unpaired) electrons. The first kappa shape index (κ1) is 23.7. The number of methoxy groups -OCH3 is 1. The van der Waals surface area contributed by atoms with Crippen LogP contribution in [-0.2, 0) is 27.8 Å². The summed E-state index contributed by atoms with van der Waals surface area (Å²) in [5.41, 5.74) is 7.90. The van der Waals surface area contributed by atoms with Crippen molar-refractivity contribution in [2.45, 2.75) is 31.2 Å². The molecule has 0 aliphatic rings. The molecule has 0 aliphatic heterocycles. The van der Waals surface area contributed by atoms with E-state index in [4.69, 9.17) is 10.5 Å². The van der Waals surface area contributed by atoms with E-state index >= 15 is 0 Å². The summed E-state index contributed by atoms with van der Waals surface area (Å²) in [5, 5.41) is 2.73. The second-order valence-corrected chi connectivity index (χ2v) is 7.76. The van der Waals surface area contributed by atoms with E-state index in [1.807, 2.05) is 12.1 Å². The minimum absolute atomic E-state index is 0. The molecule has 0 spiro atoms. The molecule has 0 aliphatic carbocycles. The Bertz CT molecular complexity index is 887. The molecule has 0 heterocycles. The molecule has 4 N–H and O–H groups in total. The van der Waals surface area contributed by atoms with Gasteiger partial charge in [-0.15, -0.1) is 12.4 Å². The number of hydrogen-bond acceptors (Lipinski definition) is 5. The van der Waals surface area contributed by atoms with Crippen molar-refractivity contribution in [3.8, 4) is 5.75 Å². The second-order valence-electron chi connectivity index (χ2n) is 5.99. The highest BCUT2D eigenvalue weighted by Gasteiger charge is 2.16. The lowest BCUT2D eigenvalue weighted by Gasteiger charge is -2.13. The molecule has 7 nitrogen and oxygen atoms in total. The number of carbonyl (C=O) groups excluding carboxylic acids is 1. The van der Waals surface area contributed by atoms with Crippen LogP contribution in [0, 0.1) is 0 Å². The highest BCUT2D eigenvalue weighted by Crippen LogP contribution is 2.22. The van der Waals surface area contributed by atoms with Crippen LogP contribution in [0.4, 0.5) is 5.69 Å². The van der Waals surface area contributed by atoms with Crippen LogP contribution in [0.25, 0.3) is 0 Å². The van der Waals surface area contributed by atoms with Gasteiger partial charge in [-0.2, -0.15) is 0 Å². The highest BCUT2D eigenvalue weighted by molar-refractivity contribution is 7.89. The van der Waals surface area contributed by atoms with E-state index in [1.54, 1.807) is 25.1 Å². The Labute approximate surface area is 172 Å². The van der Waals surface area contributed by atoms with Crippen molar-refractivity contribution in [2.75, 3.05) is 19.4 Å². The first-order chi connectivity index (χ1) is 12.9. The average molecular weight is 428 g/mol. The average Bonchev–Trinajstić information content (AvgIpc) is 2.67. The van der Waals surface area contributed by atoms with Gasteiger partial charge in [-0.05, 0) is 42.3 Å². The van der Waals surface area contributed by atoms with E-state index in [0.29, 0.717) is 29.8 Å². The van der Waals surface area contributed by atoms with E-state index in [2.05, 4.69) is 10.0 Å². The fourth-order valence-corrected chi connectivity index (χ4v) is 3.56. The van der Waals surface area contributed by atoms with Gasteiger partial charge in [-0.25, -0.2) is 13.1 Å². The second kappa shape index (κ2) is 10.9. The molecular weight excluding hydrogens is 402 g/mol. The van der Waals surface area contributed by atoms with E-state index < -0.39 is 10.0 Å². The zero-order valence-electron chi connectivity index (χ0n) is 15.9. The van der Waals surface area contributed by atoms with Gasteiger partial charge in [0, 0.05) is 30.8 Å². The van der Waals surface area contributed by atoms with Crippen LogP contribution in [0.2, 0.25) is 0 Å². The molecule has 0 saturated carbocycles. The Morgan fingerprint density at radius 2 is 1.82 bits per heavy atom. The minimum atomic E-state index is -3.67. The van der Waals surface area contributed by atoms with Crippen molar-refractivity contribution in [3.05, 3.63) is 53.6 Å². The number of rotatable bonds is 9. The van der Waals surface area contributed by atoms with Crippen molar-refractivity contribution in [3.63, 3.8) is 0 Å². The molecule has 154 valence electrons. The van der Waals surface area contributed by atoms with Crippen LogP contribution in [-0.4, -0.2) is 28.0 Å². The lowest BCUT2D eigenvalue weighted by molar-refractivity contribution is -0.120. The lowest BCUT2D eigenvalue weighted by Crippen LogP contribution is -2.26. The Hall–Kier alpha value is -2.29. The molecule has 2 aromatic carbocycles. The standard InChI is InChI=1S/C19H25N3O4S.ClH/c1-3-19(23)21-13-15-12-17(8-9-18(15)26-2)27(24,25)22-11-10-14-4-6-16(20)7-5-14;/h4-9,12,22H,3,10-11,13,20H2,1-2H3,(H,21,23);1H. The Morgan fingerprint density at radius 3 is 2.43 bits per heavy atom. The maximum absolute atomic E-state index is 12.6. The molecule has 0 unspecified atom stereocenters. The van der Waals surface area contributed by atoms with Crippen molar-refractivity contribution in [1.82, 2.24) is 10.0 Å². The van der Waals surface area contributed by atoms with Crippen LogP contribution >= 0.6 is 12.4 Å². The predicted molar refractivity (Wildman–Crippen MR) is 112 cm³/mol. The van der Waals surface area contributed by atoms with E-state index in [1.165, 1.54) is 19.2 Å². The van der Waals surface area contributed by atoms with Gasteiger partial charge in [0.15, 0.2) is 0 Å². The summed E-state index contributed by atoms with van der Waals surface area (Å²) in [6.45, 7) is 2.21. The topological polar surface area (TPSA) is 111 Å². The number of hydrogen-bond donors (Lipinski definition) is 3. The monoisotopic (exact) mass is 427 g/mol. The highest BCUT2D eigenvalue weighted by atomic mass is 35.5. The number of nitrogens with two attached hydrogens (primary N) is 1. The number of benzene rings is 2. The van der Waals surface area contributed by atoms with Gasteiger partial charge >= 0.3 is 0 Å². The SMILES string of the molecule is CCC(=O)NCc1cc(S(=O)(=O)NCCc2ccc(N)cc2)ccc1OC.Cl. The van der Waals surface area contributed by atoms with Crippen molar-refractivity contribution in [2.24, 2.45) is 0 Å². The largest absolute Gasteiger partial charge is 0.496 e. The van der Waals surface area contributed by atoms with Gasteiger partial charge < -0.3 is 15.8 Å². The fourth-order valence-electron chi connectivity index (χ4n) is 2.48. The minimum Gasteiger partial charge on any atom is -0.496 e. The summed E-state index contributed by atoms with van der Waals surface area (Å²) in [6, 6.07) is 11.9. The van der Waals surface area contributed by atoms with Gasteiger partial charge in [-0.1, -0.05) is 19.1 Å². The Kier molecular flexibility index (Phi) is 9.24. The molecule has 2 aromatic rings. The molecule has 0 saturated heterocycles. The molecule has 0 atom stereocenters. The number of nitrogens with one attached hydrogen (secondary N) is 2. The molecule has 28 heavy (non-hydrogen) atoms. The molecule has 0 bridgehead atoms. The zero-order chi connectivity index (χ0) is 19.9. The Morgan fingerprint density at radius 1 is 1.14 bits per heavy atom. The number of halogens is 1. The summed E-state index contributed by atoms with van der Waals surface area (Å²) in [4.78, 5) is 11.6. The maximum atomic E-state index is 12.6. The summed E-state index contributed by atoms with van der Waals surface area (Å²) in [5.74, 6) is 0.402. The van der Waals surface area contributed by atoms with Crippen LogP contribution in [0.15, 0.2) is 47.4 Å². The summed E-state index contributed by atoms with van der Waals surface area (Å²) >= 11 is 0. The molecule has 9 heteroatoms. The third kappa shape index (κ3) is 6.70. The summed E-state index contributed by atoms with van der Waals surface area (Å²) in [7, 11) is -2.17. The number of ether oxygens (including phenoxy) is 1.